The molecule has 0 radical (unpaired) electrons. The van der Waals surface area contributed by atoms with Crippen LogP contribution in [0.2, 0.25) is 0 Å². The van der Waals surface area contributed by atoms with Crippen molar-refractivity contribution in [2.24, 2.45) is 0 Å². The first-order valence-corrected chi connectivity index (χ1v) is 17.5. The predicted molar refractivity (Wildman–Crippen MR) is 178 cm³/mol. The molecule has 0 aliphatic carbocycles. The fourth-order valence-corrected chi connectivity index (χ4v) is 5.89. The molecule has 2 atom stereocenters. The zero-order valence-electron chi connectivity index (χ0n) is 28.4. The minimum atomic E-state index is -4.46. The smallest absolute Gasteiger partial charge is 0.482 e. The molecule has 0 saturated carbocycles. The number of methoxy groups -OCH3 is 1. The summed E-state index contributed by atoms with van der Waals surface area (Å²) in [6.07, 6.45) is -1.74. The van der Waals surface area contributed by atoms with Gasteiger partial charge >= 0.3 is 13.8 Å². The van der Waals surface area contributed by atoms with Gasteiger partial charge in [0.25, 0.3) is 11.8 Å². The van der Waals surface area contributed by atoms with E-state index < -0.39 is 85.7 Å². The summed E-state index contributed by atoms with van der Waals surface area (Å²) in [5.74, 6) is -3.83. The highest BCUT2D eigenvalue weighted by Crippen LogP contribution is 2.42. The van der Waals surface area contributed by atoms with Crippen LogP contribution < -0.4 is 20.5 Å². The van der Waals surface area contributed by atoms with E-state index in [0.29, 0.717) is 11.6 Å². The number of benzene rings is 2. The molecule has 1 aromatic heterocycles. The maximum Gasteiger partial charge on any atom is 0.510 e. The fraction of sp³-hybridized carbons (Fsp3) is 0.394. The Bertz CT molecular complexity index is 1830. The van der Waals surface area contributed by atoms with Crippen molar-refractivity contribution < 1.29 is 56.1 Å². The molecule has 1 aliphatic heterocycles. The van der Waals surface area contributed by atoms with Crippen LogP contribution >= 0.6 is 7.60 Å². The monoisotopic (exact) mass is 736 g/mol. The summed E-state index contributed by atoms with van der Waals surface area (Å²) in [7, 11) is -1.55. The van der Waals surface area contributed by atoms with Gasteiger partial charge in [-0.2, -0.15) is 0 Å². The zero-order chi connectivity index (χ0) is 37.3. The summed E-state index contributed by atoms with van der Waals surface area (Å²) in [5, 5.41) is 3.90. The minimum Gasteiger partial charge on any atom is -0.482 e. The summed E-state index contributed by atoms with van der Waals surface area (Å²) in [5.41, 5.74) is -1.14. The van der Waals surface area contributed by atoms with Crippen molar-refractivity contribution in [3.05, 3.63) is 99.0 Å². The molecule has 1 aliphatic rings. The molecule has 2 N–H and O–H groups in total. The number of carbonyl (C=O) groups is 3. The molecule has 4 rings (SSSR count). The maximum atomic E-state index is 14.3. The summed E-state index contributed by atoms with van der Waals surface area (Å²) in [6, 6.07) is 11.5. The third-order valence-corrected chi connectivity index (χ3v) is 8.89. The van der Waals surface area contributed by atoms with E-state index in [9.17, 15) is 37.4 Å². The van der Waals surface area contributed by atoms with Gasteiger partial charge in [0, 0.05) is 58.1 Å². The van der Waals surface area contributed by atoms with Gasteiger partial charge in [0.05, 0.1) is 12.3 Å². The second kappa shape index (κ2) is 17.4. The van der Waals surface area contributed by atoms with Crippen molar-refractivity contribution in [2.75, 3.05) is 45.3 Å². The first kappa shape index (κ1) is 39.0. The predicted octanol–water partition coefficient (Wildman–Crippen LogP) is 3.74. The molecular formula is C33H39F2N4O11P. The van der Waals surface area contributed by atoms with E-state index in [1.54, 1.807) is 44.2 Å². The Kier molecular flexibility index (Phi) is 13.3. The minimum absolute atomic E-state index is 0.0541. The second-order valence-corrected chi connectivity index (χ2v) is 13.6. The summed E-state index contributed by atoms with van der Waals surface area (Å²) in [6.45, 7) is 1.55. The normalized spacial score (nSPS) is 15.3. The Balaban J connectivity index is 1.73. The number of amides is 2. The van der Waals surface area contributed by atoms with Gasteiger partial charge in [-0.1, -0.05) is 36.4 Å². The maximum absolute atomic E-state index is 14.3. The number of halogens is 2. The Labute approximate surface area is 292 Å². The lowest BCUT2D eigenvalue weighted by atomic mass is 10.1. The number of nitrogens with zero attached hydrogens (tertiary/aromatic N) is 3. The Morgan fingerprint density at radius 3 is 2.49 bits per heavy atom. The van der Waals surface area contributed by atoms with Crippen LogP contribution in [-0.4, -0.2) is 85.0 Å². The Morgan fingerprint density at radius 2 is 1.82 bits per heavy atom. The van der Waals surface area contributed by atoms with Gasteiger partial charge < -0.3 is 34.1 Å². The third kappa shape index (κ3) is 10.1. The molecule has 0 saturated heterocycles. The molecule has 1 unspecified atom stereocenters. The molecule has 3 aromatic rings. The van der Waals surface area contributed by atoms with E-state index in [-0.39, 0.29) is 37.4 Å². The summed E-state index contributed by atoms with van der Waals surface area (Å²) < 4.78 is 67.7. The van der Waals surface area contributed by atoms with Gasteiger partial charge in [0.2, 0.25) is 12.2 Å². The molecular weight excluding hydrogens is 697 g/mol. The van der Waals surface area contributed by atoms with Crippen molar-refractivity contribution in [1.29, 1.82) is 0 Å². The van der Waals surface area contributed by atoms with Crippen molar-refractivity contribution in [1.82, 2.24) is 14.9 Å². The van der Waals surface area contributed by atoms with E-state index in [4.69, 9.17) is 23.5 Å². The Hall–Kier alpha value is -4.83. The zero-order valence-corrected chi connectivity index (χ0v) is 29.3. The Morgan fingerprint density at radius 1 is 1.10 bits per heavy atom. The average Bonchev–Trinajstić information content (AvgIpc) is 3.07. The van der Waals surface area contributed by atoms with Crippen LogP contribution in [0, 0.1) is 11.6 Å². The van der Waals surface area contributed by atoms with Crippen LogP contribution in [0.15, 0.2) is 59.5 Å². The summed E-state index contributed by atoms with van der Waals surface area (Å²) >= 11 is 0. The standard InChI is InChI=1S/C33H39F2N4O11P/c1-21(2)50-33(43)48-20-49-51(44,45)15-13-38-27(12-14-46-4)37(3)32(42)28-30(47-19-22-8-6-5-7-9-22)29(40)25(18-39(28)38)31(41)36-17-23-10-11-24(34)16-26(23)35/h5-11,16,18,21,27H,12-15,17,19-20H2,1-4H3,(H,36,41)(H,44,45)/t27-/m0/s1. The number of rotatable bonds is 16. The molecule has 2 heterocycles. The number of hydrogen-bond acceptors (Lipinski definition) is 11. The van der Waals surface area contributed by atoms with E-state index >= 15 is 0 Å². The average molecular weight is 737 g/mol. The molecule has 0 spiro atoms. The van der Waals surface area contributed by atoms with Gasteiger partial charge in [-0.15, -0.1) is 0 Å². The van der Waals surface area contributed by atoms with Gasteiger partial charge in [-0.05, 0) is 25.5 Å². The van der Waals surface area contributed by atoms with E-state index in [2.05, 4.69) is 5.32 Å². The number of ether oxygens (including phenoxy) is 4. The van der Waals surface area contributed by atoms with Crippen LogP contribution in [0.1, 0.15) is 52.2 Å². The second-order valence-electron chi connectivity index (χ2n) is 11.6. The number of fused-ring (bicyclic) bond motifs is 1. The molecule has 15 nitrogen and oxygen atoms in total. The quantitative estimate of drug-likeness (QED) is 0.124. The third-order valence-electron chi connectivity index (χ3n) is 7.62. The molecule has 2 aromatic carbocycles. The number of aromatic nitrogens is 1. The van der Waals surface area contributed by atoms with Crippen LogP contribution in [0.25, 0.3) is 0 Å². The largest absolute Gasteiger partial charge is 0.510 e. The highest BCUT2D eigenvalue weighted by Gasteiger charge is 2.40. The van der Waals surface area contributed by atoms with Crippen LogP contribution in [0.5, 0.6) is 5.75 Å². The highest BCUT2D eigenvalue weighted by atomic mass is 31.2. The molecule has 18 heteroatoms. The molecule has 51 heavy (non-hydrogen) atoms. The number of carbonyl (C=O) groups excluding carboxylic acids is 3. The van der Waals surface area contributed by atoms with Crippen LogP contribution in [-0.2, 0) is 36.5 Å². The SMILES string of the molecule is COCC[C@H]1N(C)C(=O)c2c(OCc3ccccc3)c(=O)c(C(=O)NCc3ccc(F)cc3F)cn2N1CCP(=O)(O)OCOC(=O)OC(C)C. The van der Waals surface area contributed by atoms with Crippen molar-refractivity contribution in [3.8, 4) is 5.75 Å². The van der Waals surface area contributed by atoms with Gasteiger partial charge in [-0.25, -0.2) is 13.6 Å². The van der Waals surface area contributed by atoms with Gasteiger partial charge in [0.15, 0.2) is 11.4 Å². The first-order valence-electron chi connectivity index (χ1n) is 15.7. The topological polar surface area (TPSA) is 175 Å². The fourth-order valence-electron chi connectivity index (χ4n) is 5.08. The highest BCUT2D eigenvalue weighted by molar-refractivity contribution is 7.52. The molecule has 0 fully saturated rings. The molecule has 2 amide bonds. The van der Waals surface area contributed by atoms with Crippen molar-refractivity contribution in [3.63, 3.8) is 0 Å². The lowest BCUT2D eigenvalue weighted by Gasteiger charge is -2.45. The van der Waals surface area contributed by atoms with Crippen LogP contribution in [0.4, 0.5) is 13.6 Å². The lowest BCUT2D eigenvalue weighted by Crippen LogP contribution is -2.61. The van der Waals surface area contributed by atoms with E-state index in [1.807, 2.05) is 0 Å². The lowest BCUT2D eigenvalue weighted by molar-refractivity contribution is -0.0108. The van der Waals surface area contributed by atoms with Crippen LogP contribution in [0.3, 0.4) is 0 Å². The number of nitrogens with one attached hydrogen (secondary N) is 1. The van der Waals surface area contributed by atoms with E-state index in [1.165, 1.54) is 28.7 Å². The van der Waals surface area contributed by atoms with Gasteiger partial charge in [0.1, 0.15) is 30.0 Å². The van der Waals surface area contributed by atoms with Crippen molar-refractivity contribution in [2.45, 2.75) is 45.7 Å². The van der Waals surface area contributed by atoms with Crippen molar-refractivity contribution >= 4 is 25.6 Å². The first-order chi connectivity index (χ1) is 24.2. The number of hydrogen-bond donors (Lipinski definition) is 2. The van der Waals surface area contributed by atoms with E-state index in [0.717, 1.165) is 18.3 Å². The summed E-state index contributed by atoms with van der Waals surface area (Å²) in [4.78, 5) is 64.9. The van der Waals surface area contributed by atoms with Gasteiger partial charge in [-0.3, -0.25) is 33.2 Å². The molecule has 276 valence electrons. The molecule has 0 bridgehead atoms. The number of pyridine rings is 1.